The molecule has 0 fully saturated rings. The van der Waals surface area contributed by atoms with Crippen LogP contribution in [-0.2, 0) is 4.79 Å². The molecule has 0 atom stereocenters. The molecule has 0 spiro atoms. The third-order valence-electron chi connectivity index (χ3n) is 3.18. The zero-order chi connectivity index (χ0) is 14.4. The first kappa shape index (κ1) is 15.9. The van der Waals surface area contributed by atoms with Crippen LogP contribution in [0.3, 0.4) is 0 Å². The third kappa shape index (κ3) is 4.78. The second-order valence-electron chi connectivity index (χ2n) is 4.92. The van der Waals surface area contributed by atoms with Crippen LogP contribution in [0.2, 0.25) is 0 Å². The Bertz CT molecular complexity index is 451. The molecule has 0 N–H and O–H groups in total. The SMILES string of the molecule is CCCCN(C)C(=O)CCC(=O)c1cc(C)sc1C. The van der Waals surface area contributed by atoms with Crippen LogP contribution in [0, 0.1) is 13.8 Å². The molecule has 0 aliphatic rings. The van der Waals surface area contributed by atoms with Crippen molar-refractivity contribution in [2.45, 2.75) is 46.5 Å². The second kappa shape index (κ2) is 7.43. The number of rotatable bonds is 7. The minimum absolute atomic E-state index is 0.0615. The lowest BCUT2D eigenvalue weighted by atomic mass is 10.1. The molecule has 1 amide bonds. The Labute approximate surface area is 119 Å². The van der Waals surface area contributed by atoms with Gasteiger partial charge in [-0.25, -0.2) is 0 Å². The van der Waals surface area contributed by atoms with Gasteiger partial charge in [0.2, 0.25) is 5.91 Å². The van der Waals surface area contributed by atoms with Crippen LogP contribution in [0.15, 0.2) is 6.07 Å². The van der Waals surface area contributed by atoms with E-state index in [1.54, 1.807) is 16.2 Å². The average Bonchev–Trinajstić information content (AvgIpc) is 2.71. The van der Waals surface area contributed by atoms with Gasteiger partial charge >= 0.3 is 0 Å². The van der Waals surface area contributed by atoms with Gasteiger partial charge in [0.1, 0.15) is 0 Å². The number of thiophene rings is 1. The minimum atomic E-state index is 0.0615. The number of Topliss-reactive ketones (excluding diaryl/α,β-unsaturated/α-hetero) is 1. The lowest BCUT2D eigenvalue weighted by Gasteiger charge is -2.16. The summed E-state index contributed by atoms with van der Waals surface area (Å²) in [6.07, 6.45) is 2.71. The molecule has 4 heteroatoms. The zero-order valence-corrected chi connectivity index (χ0v) is 13.1. The Morgan fingerprint density at radius 1 is 1.26 bits per heavy atom. The van der Waals surface area contributed by atoms with Crippen LogP contribution in [0.4, 0.5) is 0 Å². The maximum Gasteiger partial charge on any atom is 0.222 e. The van der Waals surface area contributed by atoms with Gasteiger partial charge in [-0.15, -0.1) is 11.3 Å². The van der Waals surface area contributed by atoms with E-state index in [4.69, 9.17) is 0 Å². The van der Waals surface area contributed by atoms with Gasteiger partial charge in [-0.05, 0) is 26.3 Å². The Morgan fingerprint density at radius 2 is 1.95 bits per heavy atom. The van der Waals surface area contributed by atoms with Crippen LogP contribution in [-0.4, -0.2) is 30.2 Å². The number of aryl methyl sites for hydroxylation is 2. The van der Waals surface area contributed by atoms with Crippen molar-refractivity contribution in [2.24, 2.45) is 0 Å². The summed E-state index contributed by atoms with van der Waals surface area (Å²) in [5.74, 6) is 0.144. The first-order valence-electron chi connectivity index (χ1n) is 6.80. The van der Waals surface area contributed by atoms with Crippen molar-refractivity contribution in [2.75, 3.05) is 13.6 Å². The van der Waals surface area contributed by atoms with Crippen LogP contribution in [0.25, 0.3) is 0 Å². The van der Waals surface area contributed by atoms with Crippen molar-refractivity contribution < 1.29 is 9.59 Å². The molecule has 3 nitrogen and oxygen atoms in total. The molecule has 0 unspecified atom stereocenters. The highest BCUT2D eigenvalue weighted by molar-refractivity contribution is 7.12. The molecule has 0 aliphatic carbocycles. The number of ketones is 1. The molecule has 0 aromatic carbocycles. The Kier molecular flexibility index (Phi) is 6.22. The van der Waals surface area contributed by atoms with Crippen molar-refractivity contribution >= 4 is 23.0 Å². The van der Waals surface area contributed by atoms with E-state index in [2.05, 4.69) is 6.92 Å². The van der Waals surface area contributed by atoms with Crippen LogP contribution < -0.4 is 0 Å². The maximum atomic E-state index is 12.1. The van der Waals surface area contributed by atoms with Gasteiger partial charge in [0.25, 0.3) is 0 Å². The minimum Gasteiger partial charge on any atom is -0.346 e. The molecule has 0 radical (unpaired) electrons. The van der Waals surface area contributed by atoms with Gasteiger partial charge in [-0.1, -0.05) is 13.3 Å². The van der Waals surface area contributed by atoms with Gasteiger partial charge in [0.05, 0.1) is 0 Å². The fourth-order valence-corrected chi connectivity index (χ4v) is 2.92. The summed E-state index contributed by atoms with van der Waals surface area (Å²) in [5, 5.41) is 0. The molecule has 0 aliphatic heterocycles. The number of hydrogen-bond acceptors (Lipinski definition) is 3. The predicted molar refractivity (Wildman–Crippen MR) is 79.9 cm³/mol. The third-order valence-corrected chi connectivity index (χ3v) is 4.15. The fraction of sp³-hybridized carbons (Fsp3) is 0.600. The number of carbonyl (C=O) groups excluding carboxylic acids is 2. The van der Waals surface area contributed by atoms with E-state index < -0.39 is 0 Å². The van der Waals surface area contributed by atoms with Crippen molar-refractivity contribution in [1.82, 2.24) is 4.90 Å². The molecular weight excluding hydrogens is 258 g/mol. The summed E-state index contributed by atoms with van der Waals surface area (Å²) in [4.78, 5) is 27.8. The van der Waals surface area contributed by atoms with Crippen molar-refractivity contribution in [1.29, 1.82) is 0 Å². The summed E-state index contributed by atoms with van der Waals surface area (Å²) in [5.41, 5.74) is 0.784. The monoisotopic (exact) mass is 281 g/mol. The lowest BCUT2D eigenvalue weighted by Crippen LogP contribution is -2.27. The Hall–Kier alpha value is -1.16. The number of carbonyl (C=O) groups is 2. The van der Waals surface area contributed by atoms with Crippen molar-refractivity contribution in [3.63, 3.8) is 0 Å². The van der Waals surface area contributed by atoms with Crippen LogP contribution in [0.1, 0.15) is 52.7 Å². The second-order valence-corrected chi connectivity index (χ2v) is 6.38. The van der Waals surface area contributed by atoms with Gasteiger partial charge in [-0.3, -0.25) is 9.59 Å². The lowest BCUT2D eigenvalue weighted by molar-refractivity contribution is -0.129. The zero-order valence-electron chi connectivity index (χ0n) is 12.3. The fourth-order valence-electron chi connectivity index (χ4n) is 1.97. The first-order chi connectivity index (χ1) is 8.95. The van der Waals surface area contributed by atoms with E-state index in [-0.39, 0.29) is 11.7 Å². The average molecular weight is 281 g/mol. The summed E-state index contributed by atoms with van der Waals surface area (Å²) in [7, 11) is 1.81. The maximum absolute atomic E-state index is 12.1. The highest BCUT2D eigenvalue weighted by atomic mass is 32.1. The van der Waals surface area contributed by atoms with Crippen molar-refractivity contribution in [3.05, 3.63) is 21.4 Å². The number of amides is 1. The normalized spacial score (nSPS) is 10.5. The number of hydrogen-bond donors (Lipinski definition) is 0. The predicted octanol–water partition coefficient (Wildman–Crippen LogP) is 3.59. The molecule has 1 aromatic rings. The largest absolute Gasteiger partial charge is 0.346 e. The van der Waals surface area contributed by atoms with E-state index >= 15 is 0 Å². The van der Waals surface area contributed by atoms with Gasteiger partial charge in [0, 0.05) is 41.8 Å². The molecule has 0 saturated carbocycles. The smallest absolute Gasteiger partial charge is 0.222 e. The van der Waals surface area contributed by atoms with Crippen LogP contribution >= 0.6 is 11.3 Å². The molecular formula is C15H23NO2S. The highest BCUT2D eigenvalue weighted by Crippen LogP contribution is 2.22. The number of unbranched alkanes of at least 4 members (excludes halogenated alkanes) is 1. The highest BCUT2D eigenvalue weighted by Gasteiger charge is 2.15. The molecule has 19 heavy (non-hydrogen) atoms. The topological polar surface area (TPSA) is 37.4 Å². The van der Waals surface area contributed by atoms with Crippen molar-refractivity contribution in [3.8, 4) is 0 Å². The summed E-state index contributed by atoms with van der Waals surface area (Å²) in [6, 6.07) is 1.92. The summed E-state index contributed by atoms with van der Waals surface area (Å²) in [6.45, 7) is 6.84. The Balaban J connectivity index is 2.46. The van der Waals surface area contributed by atoms with E-state index in [9.17, 15) is 9.59 Å². The van der Waals surface area contributed by atoms with E-state index in [0.717, 1.165) is 34.7 Å². The molecule has 1 heterocycles. The van der Waals surface area contributed by atoms with E-state index in [1.165, 1.54) is 0 Å². The quantitative estimate of drug-likeness (QED) is 0.716. The number of nitrogens with zero attached hydrogens (tertiary/aromatic N) is 1. The molecule has 0 saturated heterocycles. The van der Waals surface area contributed by atoms with Gasteiger partial charge in [-0.2, -0.15) is 0 Å². The standard InChI is InChI=1S/C15H23NO2S/c1-5-6-9-16(4)15(18)8-7-14(17)13-10-11(2)19-12(13)3/h10H,5-9H2,1-4H3. The molecule has 1 rings (SSSR count). The molecule has 1 aromatic heterocycles. The van der Waals surface area contributed by atoms with E-state index in [0.29, 0.717) is 12.8 Å². The summed E-state index contributed by atoms with van der Waals surface area (Å²) >= 11 is 1.63. The Morgan fingerprint density at radius 3 is 2.47 bits per heavy atom. The van der Waals surface area contributed by atoms with E-state index in [1.807, 2.05) is 27.0 Å². The summed E-state index contributed by atoms with van der Waals surface area (Å²) < 4.78 is 0. The molecule has 0 bridgehead atoms. The van der Waals surface area contributed by atoms with Gasteiger partial charge < -0.3 is 4.90 Å². The molecule has 106 valence electrons. The van der Waals surface area contributed by atoms with Gasteiger partial charge in [0.15, 0.2) is 5.78 Å². The first-order valence-corrected chi connectivity index (χ1v) is 7.61. The van der Waals surface area contributed by atoms with Crippen LogP contribution in [0.5, 0.6) is 0 Å².